The third-order valence-corrected chi connectivity index (χ3v) is 2.89. The molecule has 0 aromatic heterocycles. The molecule has 3 nitrogen and oxygen atoms in total. The SMILES string of the molecule is Cc1ccc(C(=O)COCCOCC(C)C)cc1C. The van der Waals surface area contributed by atoms with Gasteiger partial charge in [0, 0.05) is 12.2 Å². The van der Waals surface area contributed by atoms with E-state index < -0.39 is 0 Å². The molecule has 19 heavy (non-hydrogen) atoms. The van der Waals surface area contributed by atoms with Crippen LogP contribution in [-0.2, 0) is 9.47 Å². The Bertz CT molecular complexity index is 410. The number of ether oxygens (including phenoxy) is 2. The molecule has 0 amide bonds. The summed E-state index contributed by atoms with van der Waals surface area (Å²) in [7, 11) is 0. The second-order valence-corrected chi connectivity index (χ2v) is 5.24. The van der Waals surface area contributed by atoms with E-state index in [1.165, 1.54) is 5.56 Å². The van der Waals surface area contributed by atoms with Gasteiger partial charge >= 0.3 is 0 Å². The maximum atomic E-state index is 11.9. The third kappa shape index (κ3) is 5.99. The molecule has 0 bridgehead atoms. The Kier molecular flexibility index (Phi) is 6.74. The van der Waals surface area contributed by atoms with Crippen LogP contribution in [0.4, 0.5) is 0 Å². The Labute approximate surface area is 115 Å². The number of Topliss-reactive ketones (excluding diaryl/α,β-unsaturated/α-hetero) is 1. The van der Waals surface area contributed by atoms with Crippen LogP contribution in [0.25, 0.3) is 0 Å². The van der Waals surface area contributed by atoms with Gasteiger partial charge in [-0.05, 0) is 37.0 Å². The van der Waals surface area contributed by atoms with Gasteiger partial charge in [-0.15, -0.1) is 0 Å². The molecule has 0 atom stereocenters. The number of ketones is 1. The minimum absolute atomic E-state index is 0.0203. The maximum absolute atomic E-state index is 11.9. The number of carbonyl (C=O) groups is 1. The van der Waals surface area contributed by atoms with Crippen molar-refractivity contribution in [2.24, 2.45) is 5.92 Å². The molecular formula is C16H24O3. The van der Waals surface area contributed by atoms with Gasteiger partial charge in [0.1, 0.15) is 6.61 Å². The molecule has 0 aliphatic heterocycles. The minimum Gasteiger partial charge on any atom is -0.379 e. The van der Waals surface area contributed by atoms with Gasteiger partial charge in [0.25, 0.3) is 0 Å². The number of benzene rings is 1. The van der Waals surface area contributed by atoms with Crippen molar-refractivity contribution in [3.8, 4) is 0 Å². The van der Waals surface area contributed by atoms with Gasteiger partial charge in [-0.1, -0.05) is 26.0 Å². The average Bonchev–Trinajstić information content (AvgIpc) is 2.36. The number of hydrogen-bond acceptors (Lipinski definition) is 3. The predicted octanol–water partition coefficient (Wildman–Crippen LogP) is 3.18. The second-order valence-electron chi connectivity index (χ2n) is 5.24. The highest BCUT2D eigenvalue weighted by atomic mass is 16.5. The molecule has 1 aromatic rings. The molecule has 1 aromatic carbocycles. The normalized spacial score (nSPS) is 11.0. The lowest BCUT2D eigenvalue weighted by Crippen LogP contribution is -2.14. The van der Waals surface area contributed by atoms with E-state index in [0.29, 0.717) is 24.7 Å². The largest absolute Gasteiger partial charge is 0.379 e. The van der Waals surface area contributed by atoms with Crippen molar-refractivity contribution in [2.45, 2.75) is 27.7 Å². The zero-order chi connectivity index (χ0) is 14.3. The van der Waals surface area contributed by atoms with Gasteiger partial charge in [0.05, 0.1) is 13.2 Å². The van der Waals surface area contributed by atoms with Crippen LogP contribution in [-0.4, -0.2) is 32.2 Å². The lowest BCUT2D eigenvalue weighted by Gasteiger charge is -2.08. The first-order chi connectivity index (χ1) is 9.00. The van der Waals surface area contributed by atoms with Crippen molar-refractivity contribution >= 4 is 5.78 Å². The van der Waals surface area contributed by atoms with E-state index in [9.17, 15) is 4.79 Å². The van der Waals surface area contributed by atoms with Crippen LogP contribution in [0, 0.1) is 19.8 Å². The molecule has 3 heteroatoms. The minimum atomic E-state index is 0.0203. The molecule has 0 spiro atoms. The smallest absolute Gasteiger partial charge is 0.188 e. The highest BCUT2D eigenvalue weighted by molar-refractivity contribution is 5.97. The fourth-order valence-electron chi connectivity index (χ4n) is 1.60. The molecule has 0 saturated carbocycles. The number of hydrogen-bond donors (Lipinski definition) is 0. The van der Waals surface area contributed by atoms with Gasteiger partial charge in [-0.25, -0.2) is 0 Å². The summed E-state index contributed by atoms with van der Waals surface area (Å²) in [5, 5.41) is 0. The van der Waals surface area contributed by atoms with Gasteiger partial charge < -0.3 is 9.47 Å². The van der Waals surface area contributed by atoms with Crippen molar-refractivity contribution in [3.63, 3.8) is 0 Å². The molecule has 0 heterocycles. The highest BCUT2D eigenvalue weighted by Gasteiger charge is 2.07. The molecule has 0 aliphatic carbocycles. The van der Waals surface area contributed by atoms with Crippen LogP contribution < -0.4 is 0 Å². The van der Waals surface area contributed by atoms with Crippen LogP contribution in [0.15, 0.2) is 18.2 Å². The first-order valence-corrected chi connectivity index (χ1v) is 6.76. The van der Waals surface area contributed by atoms with E-state index in [0.717, 1.165) is 12.2 Å². The zero-order valence-corrected chi connectivity index (χ0v) is 12.4. The third-order valence-electron chi connectivity index (χ3n) is 2.89. The van der Waals surface area contributed by atoms with Crippen molar-refractivity contribution in [2.75, 3.05) is 26.4 Å². The van der Waals surface area contributed by atoms with E-state index in [-0.39, 0.29) is 12.4 Å². The molecule has 1 rings (SSSR count). The van der Waals surface area contributed by atoms with Crippen LogP contribution in [0.3, 0.4) is 0 Å². The van der Waals surface area contributed by atoms with E-state index >= 15 is 0 Å². The standard InChI is InChI=1S/C16H24O3/c1-12(2)10-18-7-8-19-11-16(17)15-6-5-13(3)14(4)9-15/h5-6,9,12H,7-8,10-11H2,1-4H3. The average molecular weight is 264 g/mol. The summed E-state index contributed by atoms with van der Waals surface area (Å²) in [6.45, 7) is 10.1. The van der Waals surface area contributed by atoms with Crippen molar-refractivity contribution in [1.29, 1.82) is 0 Å². The van der Waals surface area contributed by atoms with E-state index in [1.54, 1.807) is 0 Å². The number of carbonyl (C=O) groups excluding carboxylic acids is 1. The summed E-state index contributed by atoms with van der Waals surface area (Å²) in [6, 6.07) is 5.73. The molecule has 0 radical (unpaired) electrons. The van der Waals surface area contributed by atoms with Crippen molar-refractivity contribution in [1.82, 2.24) is 0 Å². The molecule has 0 fully saturated rings. The number of aryl methyl sites for hydroxylation is 2. The van der Waals surface area contributed by atoms with Crippen molar-refractivity contribution in [3.05, 3.63) is 34.9 Å². The Morgan fingerprint density at radius 1 is 1.11 bits per heavy atom. The summed E-state index contributed by atoms with van der Waals surface area (Å²) in [5.74, 6) is 0.545. The molecular weight excluding hydrogens is 240 g/mol. The molecule has 0 N–H and O–H groups in total. The first-order valence-electron chi connectivity index (χ1n) is 6.76. The number of rotatable bonds is 8. The van der Waals surface area contributed by atoms with Crippen LogP contribution in [0.1, 0.15) is 35.3 Å². The Morgan fingerprint density at radius 2 is 1.79 bits per heavy atom. The monoisotopic (exact) mass is 264 g/mol. The summed E-state index contributed by atoms with van der Waals surface area (Å²) >= 11 is 0. The zero-order valence-electron chi connectivity index (χ0n) is 12.4. The van der Waals surface area contributed by atoms with Crippen LogP contribution in [0.5, 0.6) is 0 Å². The van der Waals surface area contributed by atoms with Gasteiger partial charge in [0.2, 0.25) is 0 Å². The summed E-state index contributed by atoms with van der Waals surface area (Å²) in [6.07, 6.45) is 0. The van der Waals surface area contributed by atoms with E-state index in [2.05, 4.69) is 13.8 Å². The topological polar surface area (TPSA) is 35.5 Å². The predicted molar refractivity (Wildman–Crippen MR) is 76.7 cm³/mol. The Hall–Kier alpha value is -1.19. The van der Waals surface area contributed by atoms with Crippen LogP contribution >= 0.6 is 0 Å². The summed E-state index contributed by atoms with van der Waals surface area (Å²) in [4.78, 5) is 11.9. The summed E-state index contributed by atoms with van der Waals surface area (Å²) in [5.41, 5.74) is 3.04. The molecule has 0 aliphatic rings. The Balaban J connectivity index is 2.26. The van der Waals surface area contributed by atoms with Gasteiger partial charge in [-0.2, -0.15) is 0 Å². The fraction of sp³-hybridized carbons (Fsp3) is 0.562. The van der Waals surface area contributed by atoms with Gasteiger partial charge in [0.15, 0.2) is 5.78 Å². The molecule has 0 saturated heterocycles. The lowest BCUT2D eigenvalue weighted by molar-refractivity contribution is 0.0364. The maximum Gasteiger partial charge on any atom is 0.188 e. The molecule has 0 unspecified atom stereocenters. The fourth-order valence-corrected chi connectivity index (χ4v) is 1.60. The highest BCUT2D eigenvalue weighted by Crippen LogP contribution is 2.10. The summed E-state index contributed by atoms with van der Waals surface area (Å²) < 4.78 is 10.7. The van der Waals surface area contributed by atoms with E-state index in [4.69, 9.17) is 9.47 Å². The van der Waals surface area contributed by atoms with Gasteiger partial charge in [-0.3, -0.25) is 4.79 Å². The quantitative estimate of drug-likeness (QED) is 0.534. The van der Waals surface area contributed by atoms with E-state index in [1.807, 2.05) is 32.0 Å². The first kappa shape index (κ1) is 15.9. The molecule has 106 valence electrons. The van der Waals surface area contributed by atoms with Crippen molar-refractivity contribution < 1.29 is 14.3 Å². The lowest BCUT2D eigenvalue weighted by atomic mass is 10.0. The second kappa shape index (κ2) is 8.08. The Morgan fingerprint density at radius 3 is 2.42 bits per heavy atom. The van der Waals surface area contributed by atoms with Crippen LogP contribution in [0.2, 0.25) is 0 Å².